The molecule has 0 aliphatic rings. The van der Waals surface area contributed by atoms with E-state index in [0.29, 0.717) is 11.3 Å². The molecule has 0 radical (unpaired) electrons. The Morgan fingerprint density at radius 2 is 1.80 bits per heavy atom. The number of nitrogens with two attached hydrogens (primary N) is 1. The number of anilines is 1. The third kappa shape index (κ3) is 3.96. The van der Waals surface area contributed by atoms with Crippen LogP contribution in [0.25, 0.3) is 10.4 Å². The highest BCUT2D eigenvalue weighted by Crippen LogP contribution is 2.29. The summed E-state index contributed by atoms with van der Waals surface area (Å²) in [6, 6.07) is 15.4. The molecule has 1 heterocycles. The van der Waals surface area contributed by atoms with E-state index in [0.717, 1.165) is 16.0 Å². The smallest absolute Gasteiger partial charge is 0.255 e. The molecule has 3 aromatic rings. The highest BCUT2D eigenvalue weighted by atomic mass is 32.2. The number of hydrogen-bond acceptors (Lipinski definition) is 4. The number of sulfonamides is 1. The molecule has 0 bridgehead atoms. The van der Waals surface area contributed by atoms with Crippen LogP contribution in [0.4, 0.5) is 5.69 Å². The summed E-state index contributed by atoms with van der Waals surface area (Å²) in [6.45, 7) is 1.91. The minimum atomic E-state index is -3.77. The molecule has 1 amide bonds. The zero-order valence-electron chi connectivity index (χ0n) is 13.4. The molecule has 7 heteroatoms. The number of benzene rings is 2. The number of hydrogen-bond donors (Lipinski definition) is 2. The monoisotopic (exact) mass is 372 g/mol. The Labute approximate surface area is 150 Å². The highest BCUT2D eigenvalue weighted by Gasteiger charge is 2.12. The lowest BCUT2D eigenvalue weighted by molar-refractivity contribution is 0.102. The van der Waals surface area contributed by atoms with Crippen molar-refractivity contribution in [1.82, 2.24) is 0 Å². The largest absolute Gasteiger partial charge is 0.322 e. The fourth-order valence-electron chi connectivity index (χ4n) is 2.34. The molecule has 0 unspecified atom stereocenters. The van der Waals surface area contributed by atoms with Crippen molar-refractivity contribution in [3.63, 3.8) is 0 Å². The molecular weight excluding hydrogens is 356 g/mol. The molecule has 3 rings (SSSR count). The van der Waals surface area contributed by atoms with Gasteiger partial charge in [0.05, 0.1) is 4.90 Å². The lowest BCUT2D eigenvalue weighted by atomic mass is 10.1. The van der Waals surface area contributed by atoms with Gasteiger partial charge in [-0.2, -0.15) is 0 Å². The first-order valence-corrected chi connectivity index (χ1v) is 9.86. The van der Waals surface area contributed by atoms with Gasteiger partial charge in [0.25, 0.3) is 5.91 Å². The molecule has 0 saturated heterocycles. The molecule has 0 aliphatic heterocycles. The first kappa shape index (κ1) is 17.3. The molecule has 25 heavy (non-hydrogen) atoms. The summed E-state index contributed by atoms with van der Waals surface area (Å²) < 4.78 is 22.6. The van der Waals surface area contributed by atoms with Crippen LogP contribution >= 0.6 is 11.3 Å². The average molecular weight is 372 g/mol. The van der Waals surface area contributed by atoms with Crippen LogP contribution < -0.4 is 10.5 Å². The molecule has 0 atom stereocenters. The number of rotatable bonds is 4. The zero-order valence-corrected chi connectivity index (χ0v) is 15.0. The van der Waals surface area contributed by atoms with Gasteiger partial charge in [0, 0.05) is 16.1 Å². The summed E-state index contributed by atoms with van der Waals surface area (Å²) in [5.41, 5.74) is 3.04. The Bertz CT molecular complexity index is 1010. The van der Waals surface area contributed by atoms with E-state index in [1.807, 2.05) is 42.6 Å². The van der Waals surface area contributed by atoms with Crippen LogP contribution in [0.5, 0.6) is 0 Å². The third-order valence-corrected chi connectivity index (χ3v) is 5.58. The maximum absolute atomic E-state index is 12.4. The van der Waals surface area contributed by atoms with Crippen LogP contribution in [0.2, 0.25) is 0 Å². The van der Waals surface area contributed by atoms with Gasteiger partial charge < -0.3 is 5.32 Å². The molecule has 0 saturated carbocycles. The summed E-state index contributed by atoms with van der Waals surface area (Å²) in [6.07, 6.45) is 0. The van der Waals surface area contributed by atoms with E-state index in [4.69, 9.17) is 5.14 Å². The minimum absolute atomic E-state index is 0.0278. The number of primary sulfonamides is 1. The van der Waals surface area contributed by atoms with E-state index in [1.54, 1.807) is 11.3 Å². The van der Waals surface area contributed by atoms with Gasteiger partial charge in [-0.25, -0.2) is 13.6 Å². The molecule has 0 fully saturated rings. The lowest BCUT2D eigenvalue weighted by Gasteiger charge is -2.10. The first-order chi connectivity index (χ1) is 11.8. The van der Waals surface area contributed by atoms with Crippen LogP contribution in [-0.4, -0.2) is 14.3 Å². The Morgan fingerprint density at radius 1 is 1.08 bits per heavy atom. The van der Waals surface area contributed by atoms with Crippen molar-refractivity contribution in [2.45, 2.75) is 11.8 Å². The van der Waals surface area contributed by atoms with Gasteiger partial charge in [0.2, 0.25) is 10.0 Å². The SMILES string of the molecule is Cc1ccc(-c2cccs2)cc1NC(=O)c1ccc(S(N)(=O)=O)cc1. The van der Waals surface area contributed by atoms with E-state index in [-0.39, 0.29) is 10.8 Å². The maximum atomic E-state index is 12.4. The van der Waals surface area contributed by atoms with Gasteiger partial charge in [-0.05, 0) is 59.8 Å². The van der Waals surface area contributed by atoms with Crippen LogP contribution in [0, 0.1) is 6.92 Å². The molecule has 3 N–H and O–H groups in total. The van der Waals surface area contributed by atoms with E-state index in [9.17, 15) is 13.2 Å². The Morgan fingerprint density at radius 3 is 2.40 bits per heavy atom. The molecule has 5 nitrogen and oxygen atoms in total. The molecule has 1 aromatic heterocycles. The second-order valence-electron chi connectivity index (χ2n) is 5.53. The minimum Gasteiger partial charge on any atom is -0.322 e. The quantitative estimate of drug-likeness (QED) is 0.733. The van der Waals surface area contributed by atoms with Crippen LogP contribution in [-0.2, 0) is 10.0 Å². The fraction of sp³-hybridized carbons (Fsp3) is 0.0556. The van der Waals surface area contributed by atoms with Gasteiger partial charge in [-0.15, -0.1) is 11.3 Å². The van der Waals surface area contributed by atoms with Crippen molar-refractivity contribution < 1.29 is 13.2 Å². The number of aryl methyl sites for hydroxylation is 1. The van der Waals surface area contributed by atoms with Gasteiger partial charge in [-0.1, -0.05) is 18.2 Å². The van der Waals surface area contributed by atoms with Crippen LogP contribution in [0.1, 0.15) is 15.9 Å². The van der Waals surface area contributed by atoms with Crippen molar-refractivity contribution in [3.8, 4) is 10.4 Å². The zero-order chi connectivity index (χ0) is 18.0. The van der Waals surface area contributed by atoms with E-state index in [2.05, 4.69) is 5.32 Å². The average Bonchev–Trinajstić information content (AvgIpc) is 3.10. The maximum Gasteiger partial charge on any atom is 0.255 e. The predicted molar refractivity (Wildman–Crippen MR) is 100 cm³/mol. The second kappa shape index (κ2) is 6.79. The normalized spacial score (nSPS) is 11.3. The number of thiophene rings is 1. The van der Waals surface area contributed by atoms with Crippen LogP contribution in [0.3, 0.4) is 0 Å². The van der Waals surface area contributed by atoms with Gasteiger partial charge in [-0.3, -0.25) is 4.79 Å². The first-order valence-electron chi connectivity index (χ1n) is 7.43. The highest BCUT2D eigenvalue weighted by molar-refractivity contribution is 7.89. The third-order valence-electron chi connectivity index (χ3n) is 3.74. The van der Waals surface area contributed by atoms with Crippen molar-refractivity contribution in [2.75, 3.05) is 5.32 Å². The fourth-order valence-corrected chi connectivity index (χ4v) is 3.58. The Kier molecular flexibility index (Phi) is 4.71. The van der Waals surface area contributed by atoms with E-state index >= 15 is 0 Å². The Hall–Kier alpha value is -2.48. The van der Waals surface area contributed by atoms with Crippen molar-refractivity contribution in [1.29, 1.82) is 0 Å². The summed E-state index contributed by atoms with van der Waals surface area (Å²) in [5, 5.41) is 9.93. The molecule has 2 aromatic carbocycles. The second-order valence-corrected chi connectivity index (χ2v) is 8.04. The summed E-state index contributed by atoms with van der Waals surface area (Å²) in [5.74, 6) is -0.313. The predicted octanol–water partition coefficient (Wildman–Crippen LogP) is 3.62. The molecular formula is C18H16N2O3S2. The molecule has 128 valence electrons. The number of amides is 1. The Balaban J connectivity index is 1.84. The van der Waals surface area contributed by atoms with Crippen molar-refractivity contribution >= 4 is 33.0 Å². The van der Waals surface area contributed by atoms with Gasteiger partial charge >= 0.3 is 0 Å². The topological polar surface area (TPSA) is 89.3 Å². The van der Waals surface area contributed by atoms with Gasteiger partial charge in [0.1, 0.15) is 0 Å². The van der Waals surface area contributed by atoms with Crippen molar-refractivity contribution in [2.24, 2.45) is 5.14 Å². The van der Waals surface area contributed by atoms with E-state index < -0.39 is 10.0 Å². The molecule has 0 spiro atoms. The number of nitrogens with one attached hydrogen (secondary N) is 1. The summed E-state index contributed by atoms with van der Waals surface area (Å²) in [7, 11) is -3.77. The van der Waals surface area contributed by atoms with Crippen molar-refractivity contribution in [3.05, 3.63) is 71.1 Å². The van der Waals surface area contributed by atoms with Crippen LogP contribution in [0.15, 0.2) is 64.9 Å². The summed E-state index contributed by atoms with van der Waals surface area (Å²) >= 11 is 1.63. The molecule has 0 aliphatic carbocycles. The lowest BCUT2D eigenvalue weighted by Crippen LogP contribution is -2.15. The standard InChI is InChI=1S/C18H16N2O3S2/c1-12-4-5-14(17-3-2-10-24-17)11-16(12)20-18(21)13-6-8-15(9-7-13)25(19,22)23/h2-11H,1H3,(H,20,21)(H2,19,22,23). The number of carbonyl (C=O) groups is 1. The van der Waals surface area contributed by atoms with E-state index in [1.165, 1.54) is 24.3 Å². The summed E-state index contributed by atoms with van der Waals surface area (Å²) in [4.78, 5) is 13.5. The van der Waals surface area contributed by atoms with Gasteiger partial charge in [0.15, 0.2) is 0 Å². The number of carbonyl (C=O) groups excluding carboxylic acids is 1.